The second-order valence-electron chi connectivity index (χ2n) is 14.5. The minimum atomic E-state index is 0.870. The Morgan fingerprint density at radius 3 is 1.70 bits per heavy atom. The maximum Gasteiger partial charge on any atom is 0.136 e. The van der Waals surface area contributed by atoms with E-state index in [4.69, 9.17) is 8.83 Å². The second-order valence-corrected chi connectivity index (χ2v) is 14.5. The molecule has 9 aromatic carbocycles. The molecule has 3 heterocycles. The van der Waals surface area contributed by atoms with Gasteiger partial charge in [-0.2, -0.15) is 0 Å². The number of rotatable bonds is 5. The fraction of sp³-hybridized carbons (Fsp3) is 0. The number of para-hydroxylation sites is 4. The summed E-state index contributed by atoms with van der Waals surface area (Å²) in [7, 11) is 0. The zero-order valence-corrected chi connectivity index (χ0v) is 30.2. The first kappa shape index (κ1) is 30.9. The van der Waals surface area contributed by atoms with Crippen LogP contribution in [0.15, 0.2) is 203 Å². The first-order valence-electron chi connectivity index (χ1n) is 19.0. The number of benzene rings is 9. The molecule has 0 atom stereocenters. The van der Waals surface area contributed by atoms with Crippen LogP contribution in [0.5, 0.6) is 0 Å². The van der Waals surface area contributed by atoms with Crippen LogP contribution in [0.25, 0.3) is 93.3 Å². The standard InChI is InChI=1S/C52H32N2O2/c1-2-12-34-31-52-44(29-33(34)11-1)43-30-35(21-27-50(43)56-52)39-13-3-7-17-46(39)53(38-26-28-51-45(32-38)42-16-6-10-20-49(42)55-51)36-22-24-37(25-23-36)54-47-18-8-4-14-40(47)41-15-5-9-19-48(41)54/h1-32H. The predicted molar refractivity (Wildman–Crippen MR) is 233 cm³/mol. The zero-order valence-electron chi connectivity index (χ0n) is 30.2. The molecule has 0 fully saturated rings. The van der Waals surface area contributed by atoms with Gasteiger partial charge < -0.3 is 18.3 Å². The van der Waals surface area contributed by atoms with Crippen LogP contribution < -0.4 is 4.90 Å². The van der Waals surface area contributed by atoms with Crippen molar-refractivity contribution in [2.75, 3.05) is 4.90 Å². The van der Waals surface area contributed by atoms with E-state index in [0.717, 1.165) is 77.8 Å². The van der Waals surface area contributed by atoms with Crippen molar-refractivity contribution >= 4 is 93.5 Å². The lowest BCUT2D eigenvalue weighted by atomic mass is 9.99. The first-order chi connectivity index (χ1) is 27.7. The third-order valence-electron chi connectivity index (χ3n) is 11.4. The van der Waals surface area contributed by atoms with Crippen molar-refractivity contribution in [2.24, 2.45) is 0 Å². The number of anilines is 3. The van der Waals surface area contributed by atoms with Gasteiger partial charge in [-0.15, -0.1) is 0 Å². The van der Waals surface area contributed by atoms with Gasteiger partial charge in [0.1, 0.15) is 22.3 Å². The average Bonchev–Trinajstić information content (AvgIpc) is 3.92. The Labute approximate surface area is 321 Å². The number of nitrogens with zero attached hydrogens (tertiary/aromatic N) is 2. The number of hydrogen-bond acceptors (Lipinski definition) is 3. The molecule has 0 spiro atoms. The van der Waals surface area contributed by atoms with Gasteiger partial charge in [-0.05, 0) is 107 Å². The number of furan rings is 2. The van der Waals surface area contributed by atoms with E-state index >= 15 is 0 Å². The molecule has 0 N–H and O–H groups in total. The van der Waals surface area contributed by atoms with Crippen molar-refractivity contribution in [1.29, 1.82) is 0 Å². The van der Waals surface area contributed by atoms with Gasteiger partial charge in [0.15, 0.2) is 0 Å². The first-order valence-corrected chi connectivity index (χ1v) is 19.0. The maximum atomic E-state index is 6.41. The van der Waals surface area contributed by atoms with Crippen LogP contribution in [-0.4, -0.2) is 4.57 Å². The molecule has 12 rings (SSSR count). The van der Waals surface area contributed by atoms with Crippen LogP contribution in [0.1, 0.15) is 0 Å². The van der Waals surface area contributed by atoms with Gasteiger partial charge in [-0.3, -0.25) is 0 Å². The highest BCUT2D eigenvalue weighted by Gasteiger charge is 2.21. The van der Waals surface area contributed by atoms with Crippen molar-refractivity contribution < 1.29 is 8.83 Å². The summed E-state index contributed by atoms with van der Waals surface area (Å²) in [6.45, 7) is 0. The maximum absolute atomic E-state index is 6.41. The van der Waals surface area contributed by atoms with E-state index in [1.165, 1.54) is 32.6 Å². The highest BCUT2D eigenvalue weighted by Crippen LogP contribution is 2.44. The van der Waals surface area contributed by atoms with Crippen LogP contribution in [0, 0.1) is 0 Å². The molecule has 56 heavy (non-hydrogen) atoms. The zero-order chi connectivity index (χ0) is 36.7. The minimum Gasteiger partial charge on any atom is -0.456 e. The highest BCUT2D eigenvalue weighted by atomic mass is 16.3. The summed E-state index contributed by atoms with van der Waals surface area (Å²) in [6, 6.07) is 69.2. The lowest BCUT2D eigenvalue weighted by Gasteiger charge is -2.28. The van der Waals surface area contributed by atoms with Crippen molar-refractivity contribution in [2.45, 2.75) is 0 Å². The summed E-state index contributed by atoms with van der Waals surface area (Å²) in [6.07, 6.45) is 0. The predicted octanol–water partition coefficient (Wildman–Crippen LogP) is 14.9. The molecule has 0 saturated carbocycles. The molecule has 0 aliphatic heterocycles. The van der Waals surface area contributed by atoms with E-state index < -0.39 is 0 Å². The second kappa shape index (κ2) is 12.0. The molecule has 0 saturated heterocycles. The molecule has 12 aromatic rings. The lowest BCUT2D eigenvalue weighted by molar-refractivity contribution is 0.669. The molecule has 0 amide bonds. The molecule has 4 nitrogen and oxygen atoms in total. The molecule has 0 unspecified atom stereocenters. The fourth-order valence-electron chi connectivity index (χ4n) is 8.77. The molecule has 0 radical (unpaired) electrons. The Hall–Kier alpha value is -7.56. The Kier molecular flexibility index (Phi) is 6.60. The normalized spacial score (nSPS) is 11.9. The lowest BCUT2D eigenvalue weighted by Crippen LogP contribution is -2.11. The van der Waals surface area contributed by atoms with Crippen molar-refractivity contribution in [1.82, 2.24) is 4.57 Å². The van der Waals surface area contributed by atoms with Gasteiger partial charge in [0.05, 0.1) is 16.7 Å². The summed E-state index contributed by atoms with van der Waals surface area (Å²) in [4.78, 5) is 2.37. The third kappa shape index (κ3) is 4.66. The molecular weight excluding hydrogens is 685 g/mol. The Morgan fingerprint density at radius 2 is 0.911 bits per heavy atom. The number of hydrogen-bond donors (Lipinski definition) is 0. The van der Waals surface area contributed by atoms with E-state index in [0.29, 0.717) is 0 Å². The van der Waals surface area contributed by atoms with E-state index in [1.54, 1.807) is 0 Å². The van der Waals surface area contributed by atoms with Gasteiger partial charge in [0, 0.05) is 54.9 Å². The average molecular weight is 717 g/mol. The minimum absolute atomic E-state index is 0.870. The van der Waals surface area contributed by atoms with E-state index in [2.05, 4.69) is 191 Å². The van der Waals surface area contributed by atoms with Crippen molar-refractivity contribution in [3.05, 3.63) is 194 Å². The van der Waals surface area contributed by atoms with Crippen molar-refractivity contribution in [3.8, 4) is 16.8 Å². The summed E-state index contributed by atoms with van der Waals surface area (Å²) in [5, 5.41) is 9.28. The fourth-order valence-corrected chi connectivity index (χ4v) is 8.77. The largest absolute Gasteiger partial charge is 0.456 e. The van der Waals surface area contributed by atoms with Gasteiger partial charge in [-0.25, -0.2) is 0 Å². The summed E-state index contributed by atoms with van der Waals surface area (Å²) >= 11 is 0. The van der Waals surface area contributed by atoms with Crippen LogP contribution in [-0.2, 0) is 0 Å². The van der Waals surface area contributed by atoms with E-state index in [1.807, 2.05) is 12.1 Å². The third-order valence-corrected chi connectivity index (χ3v) is 11.4. The number of aromatic nitrogens is 1. The van der Waals surface area contributed by atoms with E-state index in [9.17, 15) is 0 Å². The SMILES string of the molecule is c1ccc(N(c2ccc(-n3c4ccccc4c4ccccc43)cc2)c2ccc3oc4ccccc4c3c2)c(-c2ccc3oc4cc5ccccc5cc4c3c2)c1. The van der Waals surface area contributed by atoms with E-state index in [-0.39, 0.29) is 0 Å². The Morgan fingerprint density at radius 1 is 0.357 bits per heavy atom. The molecule has 3 aromatic heterocycles. The summed E-state index contributed by atoms with van der Waals surface area (Å²) in [5.74, 6) is 0. The van der Waals surface area contributed by atoms with Gasteiger partial charge >= 0.3 is 0 Å². The van der Waals surface area contributed by atoms with Crippen LogP contribution in [0.4, 0.5) is 17.1 Å². The molecule has 0 aliphatic carbocycles. The summed E-state index contributed by atoms with van der Waals surface area (Å²) < 4.78 is 15.1. The Bertz CT molecular complexity index is 3440. The van der Waals surface area contributed by atoms with Crippen LogP contribution in [0.2, 0.25) is 0 Å². The molecule has 4 heteroatoms. The smallest absolute Gasteiger partial charge is 0.136 e. The number of fused-ring (bicyclic) bond motifs is 10. The molecule has 262 valence electrons. The summed E-state index contributed by atoms with van der Waals surface area (Å²) in [5.41, 5.74) is 12.4. The van der Waals surface area contributed by atoms with Gasteiger partial charge in [0.25, 0.3) is 0 Å². The molecular formula is C52H32N2O2. The van der Waals surface area contributed by atoms with Crippen molar-refractivity contribution in [3.63, 3.8) is 0 Å². The monoisotopic (exact) mass is 716 g/mol. The highest BCUT2D eigenvalue weighted by molar-refractivity contribution is 6.12. The quantitative estimate of drug-likeness (QED) is 0.178. The molecule has 0 bridgehead atoms. The van der Waals surface area contributed by atoms with Crippen LogP contribution >= 0.6 is 0 Å². The Balaban J connectivity index is 1.06. The van der Waals surface area contributed by atoms with Crippen LogP contribution in [0.3, 0.4) is 0 Å². The van der Waals surface area contributed by atoms with Gasteiger partial charge in [0.2, 0.25) is 0 Å². The molecule has 0 aliphatic rings. The van der Waals surface area contributed by atoms with Gasteiger partial charge in [-0.1, -0.05) is 103 Å². The topological polar surface area (TPSA) is 34.5 Å².